The van der Waals surface area contributed by atoms with E-state index >= 15 is 0 Å². The molecule has 8 heteroatoms. The summed E-state index contributed by atoms with van der Waals surface area (Å²) < 4.78 is 1.70. The Morgan fingerprint density at radius 2 is 2.05 bits per heavy atom. The minimum atomic E-state index is 0.204. The summed E-state index contributed by atoms with van der Waals surface area (Å²) in [5, 5.41) is 3.21. The van der Waals surface area contributed by atoms with Gasteiger partial charge in [0.05, 0.1) is 0 Å². The predicted molar refractivity (Wildman–Crippen MR) is 80.1 cm³/mol. The lowest BCUT2D eigenvalue weighted by atomic mass is 10.4. The van der Waals surface area contributed by atoms with Gasteiger partial charge >= 0.3 is 0 Å². The third kappa shape index (κ3) is 3.66. The van der Waals surface area contributed by atoms with Crippen molar-refractivity contribution < 1.29 is 0 Å². The molecular weight excluding hydrogens is 268 g/mol. The Morgan fingerprint density at radius 1 is 1.19 bits per heavy atom. The zero-order chi connectivity index (χ0) is 14.5. The number of nitrogen functional groups attached to an aromatic ring is 1. The van der Waals surface area contributed by atoms with Crippen LogP contribution in [0.1, 0.15) is 19.3 Å². The van der Waals surface area contributed by atoms with Gasteiger partial charge in [-0.1, -0.05) is 0 Å². The van der Waals surface area contributed by atoms with Crippen molar-refractivity contribution in [2.75, 3.05) is 37.2 Å². The lowest BCUT2D eigenvalue weighted by Crippen LogP contribution is -2.22. The second-order valence-corrected chi connectivity index (χ2v) is 5.12. The van der Waals surface area contributed by atoms with Gasteiger partial charge in [-0.05, 0) is 38.9 Å². The Morgan fingerprint density at radius 3 is 2.81 bits per heavy atom. The highest BCUT2D eigenvalue weighted by molar-refractivity contribution is 5.34. The van der Waals surface area contributed by atoms with Crippen LogP contribution in [0.2, 0.25) is 0 Å². The maximum Gasteiger partial charge on any atom is 0.241 e. The maximum atomic E-state index is 5.73. The maximum absolute atomic E-state index is 5.73. The van der Waals surface area contributed by atoms with Crippen molar-refractivity contribution in [2.24, 2.45) is 0 Å². The molecule has 3 rings (SSSR count). The van der Waals surface area contributed by atoms with E-state index in [9.17, 15) is 0 Å². The first-order valence-electron chi connectivity index (χ1n) is 7.27. The summed E-state index contributed by atoms with van der Waals surface area (Å²) in [6, 6.07) is 0. The molecule has 2 aromatic rings. The summed E-state index contributed by atoms with van der Waals surface area (Å²) in [6.07, 6.45) is 8.78. The first kappa shape index (κ1) is 13.7. The summed E-state index contributed by atoms with van der Waals surface area (Å²) in [4.78, 5) is 19.0. The largest absolute Gasteiger partial charge is 0.368 e. The van der Waals surface area contributed by atoms with Gasteiger partial charge in [0.1, 0.15) is 6.33 Å². The van der Waals surface area contributed by atoms with Crippen molar-refractivity contribution in [1.82, 2.24) is 29.4 Å². The molecule has 0 spiro atoms. The third-order valence-electron chi connectivity index (χ3n) is 3.51. The normalized spacial score (nSPS) is 15.4. The fraction of sp³-hybridized carbons (Fsp3) is 0.538. The highest BCUT2D eigenvalue weighted by Crippen LogP contribution is 2.09. The number of imidazole rings is 1. The molecule has 0 unspecified atom stereocenters. The number of hydrogen-bond acceptors (Lipinski definition) is 7. The smallest absolute Gasteiger partial charge is 0.241 e. The van der Waals surface area contributed by atoms with Crippen LogP contribution in [-0.4, -0.2) is 55.6 Å². The molecular formula is C13H20N8. The van der Waals surface area contributed by atoms with Crippen LogP contribution in [0.5, 0.6) is 0 Å². The summed E-state index contributed by atoms with van der Waals surface area (Å²) in [5.74, 6) is 1.19. The van der Waals surface area contributed by atoms with Gasteiger partial charge in [-0.3, -0.25) is 4.57 Å². The van der Waals surface area contributed by atoms with E-state index in [-0.39, 0.29) is 5.95 Å². The van der Waals surface area contributed by atoms with E-state index in [0.717, 1.165) is 19.5 Å². The standard InChI is InChI=1S/C13H20N8/c14-11-17-12(16-4-3-8-20-6-1-2-7-20)19-13(18-11)21-9-5-15-10-21/h5,9-10H,1-4,6-8H2,(H3,14,16,17,18,19). The molecule has 21 heavy (non-hydrogen) atoms. The van der Waals surface area contributed by atoms with Gasteiger partial charge in [-0.25, -0.2) is 4.98 Å². The van der Waals surface area contributed by atoms with Gasteiger partial charge in [-0.2, -0.15) is 15.0 Å². The summed E-state index contributed by atoms with van der Waals surface area (Å²) in [5.41, 5.74) is 5.73. The quantitative estimate of drug-likeness (QED) is 0.748. The van der Waals surface area contributed by atoms with Crippen molar-refractivity contribution in [1.29, 1.82) is 0 Å². The molecule has 1 fully saturated rings. The van der Waals surface area contributed by atoms with Crippen LogP contribution in [0, 0.1) is 0 Å². The molecule has 1 aliphatic heterocycles. The minimum Gasteiger partial charge on any atom is -0.368 e. The minimum absolute atomic E-state index is 0.204. The van der Waals surface area contributed by atoms with Crippen LogP contribution in [0.4, 0.5) is 11.9 Å². The van der Waals surface area contributed by atoms with Crippen molar-refractivity contribution in [2.45, 2.75) is 19.3 Å². The Kier molecular flexibility index (Phi) is 4.25. The molecule has 0 atom stereocenters. The van der Waals surface area contributed by atoms with Crippen LogP contribution in [-0.2, 0) is 0 Å². The number of likely N-dealkylation sites (tertiary alicyclic amines) is 1. The number of rotatable bonds is 6. The van der Waals surface area contributed by atoms with E-state index in [1.54, 1.807) is 23.3 Å². The molecule has 1 aliphatic rings. The van der Waals surface area contributed by atoms with Crippen molar-refractivity contribution in [3.63, 3.8) is 0 Å². The van der Waals surface area contributed by atoms with E-state index < -0.39 is 0 Å². The van der Waals surface area contributed by atoms with E-state index in [2.05, 4.69) is 30.2 Å². The second-order valence-electron chi connectivity index (χ2n) is 5.12. The Labute approximate surface area is 123 Å². The van der Waals surface area contributed by atoms with Crippen LogP contribution in [0.3, 0.4) is 0 Å². The number of anilines is 2. The first-order valence-corrected chi connectivity index (χ1v) is 7.27. The molecule has 0 aromatic carbocycles. The zero-order valence-electron chi connectivity index (χ0n) is 11.9. The van der Waals surface area contributed by atoms with E-state index in [1.165, 1.54) is 25.9 Å². The summed E-state index contributed by atoms with van der Waals surface area (Å²) >= 11 is 0. The summed E-state index contributed by atoms with van der Waals surface area (Å²) in [6.45, 7) is 4.39. The molecule has 3 heterocycles. The van der Waals surface area contributed by atoms with Gasteiger partial charge in [0.15, 0.2) is 0 Å². The number of aromatic nitrogens is 5. The second kappa shape index (κ2) is 6.49. The monoisotopic (exact) mass is 288 g/mol. The Bertz CT molecular complexity index is 562. The lowest BCUT2D eigenvalue weighted by molar-refractivity contribution is 0.337. The molecule has 0 radical (unpaired) electrons. The SMILES string of the molecule is Nc1nc(NCCCN2CCCC2)nc(-n2ccnc2)n1. The molecule has 112 valence electrons. The fourth-order valence-electron chi connectivity index (χ4n) is 2.46. The molecule has 2 aromatic heterocycles. The van der Waals surface area contributed by atoms with E-state index in [1.807, 2.05) is 0 Å². The van der Waals surface area contributed by atoms with Gasteiger partial charge in [-0.15, -0.1) is 0 Å². The highest BCUT2D eigenvalue weighted by Gasteiger charge is 2.10. The number of nitrogens with one attached hydrogen (secondary N) is 1. The topological polar surface area (TPSA) is 97.8 Å². The number of hydrogen-bond donors (Lipinski definition) is 2. The van der Waals surface area contributed by atoms with Gasteiger partial charge in [0, 0.05) is 18.9 Å². The Balaban J connectivity index is 1.55. The number of nitrogens with zero attached hydrogens (tertiary/aromatic N) is 6. The molecule has 0 bridgehead atoms. The molecule has 8 nitrogen and oxygen atoms in total. The lowest BCUT2D eigenvalue weighted by Gasteiger charge is -2.14. The summed E-state index contributed by atoms with van der Waals surface area (Å²) in [7, 11) is 0. The van der Waals surface area contributed by atoms with Gasteiger partial charge in [0.25, 0.3) is 0 Å². The van der Waals surface area contributed by atoms with Crippen molar-refractivity contribution >= 4 is 11.9 Å². The zero-order valence-corrected chi connectivity index (χ0v) is 11.9. The third-order valence-corrected chi connectivity index (χ3v) is 3.51. The van der Waals surface area contributed by atoms with Crippen LogP contribution < -0.4 is 11.1 Å². The van der Waals surface area contributed by atoms with E-state index in [4.69, 9.17) is 5.73 Å². The fourth-order valence-corrected chi connectivity index (χ4v) is 2.46. The first-order chi connectivity index (χ1) is 10.3. The predicted octanol–water partition coefficient (Wildman–Crippen LogP) is 0.537. The highest BCUT2D eigenvalue weighted by atomic mass is 15.3. The van der Waals surface area contributed by atoms with E-state index in [0.29, 0.717) is 11.9 Å². The van der Waals surface area contributed by atoms with Crippen LogP contribution in [0.25, 0.3) is 5.95 Å². The molecule has 0 amide bonds. The van der Waals surface area contributed by atoms with Crippen molar-refractivity contribution in [3.8, 4) is 5.95 Å². The molecule has 3 N–H and O–H groups in total. The van der Waals surface area contributed by atoms with Gasteiger partial charge in [0.2, 0.25) is 17.8 Å². The molecule has 1 saturated heterocycles. The molecule has 0 aliphatic carbocycles. The van der Waals surface area contributed by atoms with Gasteiger partial charge < -0.3 is 16.0 Å². The Hall–Kier alpha value is -2.22. The average molecular weight is 288 g/mol. The molecule has 0 saturated carbocycles. The van der Waals surface area contributed by atoms with Crippen LogP contribution in [0.15, 0.2) is 18.7 Å². The average Bonchev–Trinajstić information content (AvgIpc) is 3.16. The van der Waals surface area contributed by atoms with Crippen molar-refractivity contribution in [3.05, 3.63) is 18.7 Å². The van der Waals surface area contributed by atoms with Crippen LogP contribution >= 0.6 is 0 Å². The number of nitrogens with two attached hydrogens (primary N) is 1.